The number of aliphatic hydroxyl groups is 1. The number of aliphatic hydroxyl groups excluding tert-OH is 1. The summed E-state index contributed by atoms with van der Waals surface area (Å²) >= 11 is 0. The molecule has 23 heavy (non-hydrogen) atoms. The van der Waals surface area contributed by atoms with Crippen LogP contribution in [0.5, 0.6) is 0 Å². The third-order valence-corrected chi connectivity index (χ3v) is 4.13. The molecular weight excluding hydrogens is 308 g/mol. The molecule has 0 bridgehead atoms. The Morgan fingerprint density at radius 2 is 2.09 bits per heavy atom. The van der Waals surface area contributed by atoms with Crippen molar-refractivity contribution in [3.05, 3.63) is 44.0 Å². The van der Waals surface area contributed by atoms with E-state index in [1.807, 2.05) is 0 Å². The molecular formula is C14H16N2O7. The number of nitro groups is 2. The Morgan fingerprint density at radius 1 is 1.39 bits per heavy atom. The van der Waals surface area contributed by atoms with E-state index in [0.29, 0.717) is 12.8 Å². The van der Waals surface area contributed by atoms with Gasteiger partial charge in [0.2, 0.25) is 0 Å². The summed E-state index contributed by atoms with van der Waals surface area (Å²) in [6.45, 7) is 1.66. The smallest absolute Gasteiger partial charge is 0.319 e. The standard InChI is InChI=1S/C14H16N2O7/c1-2-23-13(18)14(7-3-4-12(14)17)10-6-5-9(15(19)20)8-11(10)16(21)22/h5-6,8,12,17H,2-4,7H2,1H3/t12-,14-/m0/s1. The number of benzene rings is 1. The molecule has 1 aromatic rings. The van der Waals surface area contributed by atoms with Gasteiger partial charge in [-0.25, -0.2) is 0 Å². The van der Waals surface area contributed by atoms with E-state index in [2.05, 4.69) is 0 Å². The third kappa shape index (κ3) is 2.74. The van der Waals surface area contributed by atoms with Gasteiger partial charge in [0.25, 0.3) is 11.4 Å². The Bertz CT molecular complexity index is 661. The van der Waals surface area contributed by atoms with E-state index in [4.69, 9.17) is 4.74 Å². The van der Waals surface area contributed by atoms with Gasteiger partial charge >= 0.3 is 5.97 Å². The van der Waals surface area contributed by atoms with Gasteiger partial charge in [-0.1, -0.05) is 0 Å². The average molecular weight is 324 g/mol. The van der Waals surface area contributed by atoms with Crippen LogP contribution in [0.15, 0.2) is 18.2 Å². The summed E-state index contributed by atoms with van der Waals surface area (Å²) in [5.41, 5.74) is -2.62. The topological polar surface area (TPSA) is 133 Å². The first kappa shape index (κ1) is 16.8. The summed E-state index contributed by atoms with van der Waals surface area (Å²) in [5.74, 6) is -0.748. The van der Waals surface area contributed by atoms with E-state index in [1.165, 1.54) is 6.07 Å². The highest BCUT2D eigenvalue weighted by Gasteiger charge is 2.54. The van der Waals surface area contributed by atoms with Crippen LogP contribution in [0.1, 0.15) is 31.7 Å². The lowest BCUT2D eigenvalue weighted by Crippen LogP contribution is -2.44. The predicted molar refractivity (Wildman–Crippen MR) is 77.9 cm³/mol. The molecule has 0 amide bonds. The first-order valence-electron chi connectivity index (χ1n) is 7.13. The van der Waals surface area contributed by atoms with Crippen molar-refractivity contribution < 1.29 is 24.5 Å². The molecule has 0 heterocycles. The summed E-state index contributed by atoms with van der Waals surface area (Å²) in [4.78, 5) is 33.1. The number of nitrogens with zero attached hydrogens (tertiary/aromatic N) is 2. The number of esters is 1. The molecule has 0 aromatic heterocycles. The van der Waals surface area contributed by atoms with Crippen LogP contribution in [0.2, 0.25) is 0 Å². The van der Waals surface area contributed by atoms with Crippen LogP contribution in [-0.2, 0) is 14.9 Å². The first-order valence-corrected chi connectivity index (χ1v) is 7.13. The lowest BCUT2D eigenvalue weighted by Gasteiger charge is -2.30. The van der Waals surface area contributed by atoms with Crippen LogP contribution in [-0.4, -0.2) is 33.6 Å². The molecule has 9 heteroatoms. The first-order chi connectivity index (χ1) is 10.8. The van der Waals surface area contributed by atoms with Gasteiger partial charge in [0.1, 0.15) is 5.41 Å². The number of carbonyl (C=O) groups is 1. The zero-order valence-corrected chi connectivity index (χ0v) is 12.4. The second-order valence-electron chi connectivity index (χ2n) is 5.32. The van der Waals surface area contributed by atoms with Gasteiger partial charge in [-0.2, -0.15) is 0 Å². The van der Waals surface area contributed by atoms with Gasteiger partial charge in [-0.05, 0) is 32.3 Å². The van der Waals surface area contributed by atoms with Gasteiger partial charge in [0.05, 0.1) is 34.2 Å². The molecule has 9 nitrogen and oxygen atoms in total. The summed E-state index contributed by atoms with van der Waals surface area (Å²) in [6.07, 6.45) is -0.158. The number of hydrogen-bond donors (Lipinski definition) is 1. The second-order valence-corrected chi connectivity index (χ2v) is 5.32. The summed E-state index contributed by atoms with van der Waals surface area (Å²) in [6, 6.07) is 3.07. The van der Waals surface area contributed by atoms with Crippen molar-refractivity contribution in [1.29, 1.82) is 0 Å². The van der Waals surface area contributed by atoms with Gasteiger partial charge in [-0.3, -0.25) is 25.0 Å². The average Bonchev–Trinajstić information content (AvgIpc) is 2.89. The van der Waals surface area contributed by atoms with Gasteiger partial charge in [0, 0.05) is 6.07 Å². The van der Waals surface area contributed by atoms with Crippen molar-refractivity contribution in [1.82, 2.24) is 0 Å². The number of nitro benzene ring substituents is 2. The predicted octanol–water partition coefficient (Wildman–Crippen LogP) is 1.85. The maximum Gasteiger partial charge on any atom is 0.319 e. The molecule has 1 fully saturated rings. The normalized spacial score (nSPS) is 23.5. The maximum atomic E-state index is 12.4. The van der Waals surface area contributed by atoms with E-state index in [-0.39, 0.29) is 18.6 Å². The minimum Gasteiger partial charge on any atom is -0.465 e. The van der Waals surface area contributed by atoms with Crippen molar-refractivity contribution in [2.75, 3.05) is 6.61 Å². The molecule has 1 aliphatic carbocycles. The number of hydrogen-bond acceptors (Lipinski definition) is 7. The van der Waals surface area contributed by atoms with Crippen LogP contribution >= 0.6 is 0 Å². The zero-order chi connectivity index (χ0) is 17.2. The van der Waals surface area contributed by atoms with E-state index in [0.717, 1.165) is 12.1 Å². The minimum absolute atomic E-state index is 0.0449. The van der Waals surface area contributed by atoms with Crippen molar-refractivity contribution in [2.24, 2.45) is 0 Å². The molecule has 0 spiro atoms. The van der Waals surface area contributed by atoms with Gasteiger partial charge in [0.15, 0.2) is 0 Å². The molecule has 2 rings (SSSR count). The lowest BCUT2D eigenvalue weighted by molar-refractivity contribution is -0.394. The third-order valence-electron chi connectivity index (χ3n) is 4.13. The Hall–Kier alpha value is -2.55. The van der Waals surface area contributed by atoms with E-state index in [9.17, 15) is 30.1 Å². The fourth-order valence-electron chi connectivity index (χ4n) is 3.07. The minimum atomic E-state index is -1.56. The lowest BCUT2D eigenvalue weighted by atomic mass is 9.76. The molecule has 1 aliphatic rings. The Balaban J connectivity index is 2.66. The summed E-state index contributed by atoms with van der Waals surface area (Å²) < 4.78 is 5.01. The fraction of sp³-hybridized carbons (Fsp3) is 0.500. The number of ether oxygens (including phenoxy) is 1. The zero-order valence-electron chi connectivity index (χ0n) is 12.4. The Morgan fingerprint density at radius 3 is 2.57 bits per heavy atom. The SMILES string of the molecule is CCOC(=O)[C@]1(c2ccc([N+](=O)[O-])cc2[N+](=O)[O-])CCC[C@@H]1O. The number of non-ortho nitro benzene ring substituents is 1. The molecule has 0 radical (unpaired) electrons. The van der Waals surface area contributed by atoms with E-state index in [1.54, 1.807) is 6.92 Å². The molecule has 1 saturated carbocycles. The van der Waals surface area contributed by atoms with E-state index >= 15 is 0 Å². The van der Waals surface area contributed by atoms with Gasteiger partial charge < -0.3 is 9.84 Å². The van der Waals surface area contributed by atoms with Crippen LogP contribution in [0.25, 0.3) is 0 Å². The second kappa shape index (κ2) is 6.29. The molecule has 0 unspecified atom stereocenters. The summed E-state index contributed by atoms with van der Waals surface area (Å²) in [7, 11) is 0. The summed E-state index contributed by atoms with van der Waals surface area (Å²) in [5, 5.41) is 32.5. The molecule has 1 aromatic carbocycles. The number of carbonyl (C=O) groups excluding carboxylic acids is 1. The van der Waals surface area contributed by atoms with Crippen molar-refractivity contribution in [3.63, 3.8) is 0 Å². The Kier molecular flexibility index (Phi) is 4.60. The van der Waals surface area contributed by atoms with Crippen molar-refractivity contribution in [2.45, 2.75) is 37.7 Å². The number of rotatable bonds is 5. The van der Waals surface area contributed by atoms with Crippen LogP contribution < -0.4 is 0 Å². The maximum absolute atomic E-state index is 12.4. The molecule has 0 aliphatic heterocycles. The van der Waals surface area contributed by atoms with Crippen LogP contribution in [0.3, 0.4) is 0 Å². The molecule has 124 valence electrons. The highest BCUT2D eigenvalue weighted by atomic mass is 16.6. The molecule has 0 saturated heterocycles. The van der Waals surface area contributed by atoms with Crippen molar-refractivity contribution >= 4 is 17.3 Å². The fourth-order valence-corrected chi connectivity index (χ4v) is 3.07. The Labute approximate surface area is 131 Å². The van der Waals surface area contributed by atoms with Crippen LogP contribution in [0, 0.1) is 20.2 Å². The largest absolute Gasteiger partial charge is 0.465 e. The molecule has 1 N–H and O–H groups in total. The van der Waals surface area contributed by atoms with Crippen molar-refractivity contribution in [3.8, 4) is 0 Å². The highest BCUT2D eigenvalue weighted by Crippen LogP contribution is 2.46. The monoisotopic (exact) mass is 324 g/mol. The van der Waals surface area contributed by atoms with Crippen LogP contribution in [0.4, 0.5) is 11.4 Å². The van der Waals surface area contributed by atoms with E-state index < -0.39 is 38.7 Å². The molecule has 2 atom stereocenters. The quantitative estimate of drug-likeness (QED) is 0.496. The van der Waals surface area contributed by atoms with Gasteiger partial charge in [-0.15, -0.1) is 0 Å². The highest BCUT2D eigenvalue weighted by molar-refractivity contribution is 5.86.